The molecule has 20 heavy (non-hydrogen) atoms. The number of aromatic nitrogens is 1. The Morgan fingerprint density at radius 3 is 2.70 bits per heavy atom. The SMILES string of the molecule is Cc1oc(-c2ccc3c(c2)OCCCO3)nc1C(=O)O. The average molecular weight is 275 g/mol. The van der Waals surface area contributed by atoms with E-state index >= 15 is 0 Å². The number of carboxylic acids is 1. The maximum Gasteiger partial charge on any atom is 0.358 e. The van der Waals surface area contributed by atoms with Crippen molar-refractivity contribution < 1.29 is 23.8 Å². The molecule has 0 saturated carbocycles. The smallest absolute Gasteiger partial charge is 0.358 e. The second-order valence-corrected chi connectivity index (χ2v) is 4.44. The number of benzene rings is 1. The predicted molar refractivity (Wildman–Crippen MR) is 69.2 cm³/mol. The van der Waals surface area contributed by atoms with Crippen LogP contribution in [0, 0.1) is 6.92 Å². The van der Waals surface area contributed by atoms with E-state index in [1.807, 2.05) is 0 Å². The highest BCUT2D eigenvalue weighted by atomic mass is 16.5. The van der Waals surface area contributed by atoms with Gasteiger partial charge < -0.3 is 19.0 Å². The molecule has 6 heteroatoms. The summed E-state index contributed by atoms with van der Waals surface area (Å²) in [5.74, 6) is 0.725. The van der Waals surface area contributed by atoms with E-state index in [4.69, 9.17) is 19.0 Å². The maximum atomic E-state index is 11.0. The van der Waals surface area contributed by atoms with Gasteiger partial charge in [0.25, 0.3) is 0 Å². The lowest BCUT2D eigenvalue weighted by Crippen LogP contribution is -1.98. The van der Waals surface area contributed by atoms with Gasteiger partial charge in [-0.2, -0.15) is 0 Å². The molecule has 0 fully saturated rings. The van der Waals surface area contributed by atoms with Crippen LogP contribution in [0.5, 0.6) is 11.5 Å². The third kappa shape index (κ3) is 2.20. The summed E-state index contributed by atoms with van der Waals surface area (Å²) in [6.45, 7) is 2.78. The molecule has 1 aliphatic rings. The van der Waals surface area contributed by atoms with Crippen LogP contribution >= 0.6 is 0 Å². The van der Waals surface area contributed by atoms with Gasteiger partial charge in [-0.3, -0.25) is 0 Å². The Balaban J connectivity index is 2.00. The number of rotatable bonds is 2. The zero-order valence-electron chi connectivity index (χ0n) is 10.9. The molecule has 0 amide bonds. The van der Waals surface area contributed by atoms with Crippen molar-refractivity contribution in [3.8, 4) is 23.0 Å². The summed E-state index contributed by atoms with van der Waals surface area (Å²) < 4.78 is 16.5. The molecule has 1 aromatic carbocycles. The Kier molecular flexibility index (Phi) is 3.06. The molecule has 2 heterocycles. The largest absolute Gasteiger partial charge is 0.490 e. The molecule has 0 atom stereocenters. The Labute approximate surface area is 115 Å². The van der Waals surface area contributed by atoms with Crippen molar-refractivity contribution in [3.63, 3.8) is 0 Å². The van der Waals surface area contributed by atoms with Gasteiger partial charge in [-0.15, -0.1) is 0 Å². The van der Waals surface area contributed by atoms with E-state index < -0.39 is 5.97 Å². The molecule has 6 nitrogen and oxygen atoms in total. The van der Waals surface area contributed by atoms with E-state index in [1.165, 1.54) is 0 Å². The average Bonchev–Trinajstić information content (AvgIpc) is 2.68. The zero-order chi connectivity index (χ0) is 14.1. The van der Waals surface area contributed by atoms with Gasteiger partial charge >= 0.3 is 5.97 Å². The van der Waals surface area contributed by atoms with Crippen LogP contribution in [0.1, 0.15) is 22.7 Å². The Hall–Kier alpha value is -2.50. The lowest BCUT2D eigenvalue weighted by molar-refractivity contribution is 0.0689. The van der Waals surface area contributed by atoms with Crippen LogP contribution in [0.25, 0.3) is 11.5 Å². The summed E-state index contributed by atoms with van der Waals surface area (Å²) in [4.78, 5) is 15.0. The molecular formula is C14H13NO5. The van der Waals surface area contributed by atoms with Gasteiger partial charge in [-0.25, -0.2) is 9.78 Å². The molecule has 1 N–H and O–H groups in total. The van der Waals surface area contributed by atoms with Gasteiger partial charge in [0.2, 0.25) is 5.89 Å². The number of aromatic carboxylic acids is 1. The topological polar surface area (TPSA) is 81.8 Å². The highest BCUT2D eigenvalue weighted by Gasteiger charge is 2.19. The second-order valence-electron chi connectivity index (χ2n) is 4.44. The Morgan fingerprint density at radius 2 is 2.00 bits per heavy atom. The van der Waals surface area contributed by atoms with Gasteiger partial charge in [0.15, 0.2) is 17.2 Å². The second kappa shape index (κ2) is 4.88. The third-order valence-electron chi connectivity index (χ3n) is 2.99. The maximum absolute atomic E-state index is 11.0. The number of nitrogens with zero attached hydrogens (tertiary/aromatic N) is 1. The van der Waals surface area contributed by atoms with Gasteiger partial charge in [0.05, 0.1) is 13.2 Å². The Morgan fingerprint density at radius 1 is 1.25 bits per heavy atom. The van der Waals surface area contributed by atoms with Gasteiger partial charge in [-0.05, 0) is 25.1 Å². The highest BCUT2D eigenvalue weighted by molar-refractivity contribution is 5.87. The van der Waals surface area contributed by atoms with Crippen molar-refractivity contribution in [3.05, 3.63) is 29.7 Å². The first-order valence-electron chi connectivity index (χ1n) is 6.26. The van der Waals surface area contributed by atoms with E-state index in [1.54, 1.807) is 25.1 Å². The molecule has 3 rings (SSSR count). The van der Waals surface area contributed by atoms with Crippen LogP contribution < -0.4 is 9.47 Å². The van der Waals surface area contributed by atoms with Crippen LogP contribution in [0.2, 0.25) is 0 Å². The summed E-state index contributed by atoms with van der Waals surface area (Å²) in [6, 6.07) is 5.29. The van der Waals surface area contributed by atoms with Crippen molar-refractivity contribution in [1.82, 2.24) is 4.98 Å². The van der Waals surface area contributed by atoms with Crippen LogP contribution in [0.3, 0.4) is 0 Å². The number of aryl methyl sites for hydroxylation is 1. The minimum absolute atomic E-state index is 0.0767. The molecule has 104 valence electrons. The van der Waals surface area contributed by atoms with Crippen molar-refractivity contribution in [2.75, 3.05) is 13.2 Å². The van der Waals surface area contributed by atoms with E-state index in [9.17, 15) is 4.79 Å². The van der Waals surface area contributed by atoms with Crippen LogP contribution in [-0.4, -0.2) is 29.3 Å². The van der Waals surface area contributed by atoms with Crippen molar-refractivity contribution in [2.45, 2.75) is 13.3 Å². The van der Waals surface area contributed by atoms with E-state index in [2.05, 4.69) is 4.98 Å². The third-order valence-corrected chi connectivity index (χ3v) is 2.99. The normalized spacial score (nSPS) is 13.8. The molecule has 0 aliphatic carbocycles. The zero-order valence-corrected chi connectivity index (χ0v) is 10.9. The monoisotopic (exact) mass is 275 g/mol. The van der Waals surface area contributed by atoms with E-state index in [-0.39, 0.29) is 17.3 Å². The fourth-order valence-electron chi connectivity index (χ4n) is 2.01. The molecule has 0 saturated heterocycles. The van der Waals surface area contributed by atoms with Crippen LogP contribution in [0.15, 0.2) is 22.6 Å². The number of fused-ring (bicyclic) bond motifs is 1. The summed E-state index contributed by atoms with van der Waals surface area (Å²) in [7, 11) is 0. The van der Waals surface area contributed by atoms with Crippen LogP contribution in [-0.2, 0) is 0 Å². The molecule has 1 aliphatic heterocycles. The first-order valence-corrected chi connectivity index (χ1v) is 6.26. The van der Waals surface area contributed by atoms with E-state index in [0.29, 0.717) is 30.3 Å². The quantitative estimate of drug-likeness (QED) is 0.906. The molecule has 0 bridgehead atoms. The molecule has 0 spiro atoms. The first-order chi connectivity index (χ1) is 9.65. The molecule has 0 radical (unpaired) electrons. The van der Waals surface area contributed by atoms with Gasteiger partial charge in [0.1, 0.15) is 5.76 Å². The van der Waals surface area contributed by atoms with Crippen molar-refractivity contribution in [1.29, 1.82) is 0 Å². The number of carbonyl (C=O) groups is 1. The lowest BCUT2D eigenvalue weighted by atomic mass is 10.2. The summed E-state index contributed by atoms with van der Waals surface area (Å²) in [5.41, 5.74) is 0.581. The molecule has 0 unspecified atom stereocenters. The summed E-state index contributed by atoms with van der Waals surface area (Å²) >= 11 is 0. The van der Waals surface area contributed by atoms with Crippen LogP contribution in [0.4, 0.5) is 0 Å². The van der Waals surface area contributed by atoms with Crippen molar-refractivity contribution in [2.24, 2.45) is 0 Å². The Bertz CT molecular complexity index is 662. The van der Waals surface area contributed by atoms with Gasteiger partial charge in [0, 0.05) is 12.0 Å². The molecule has 1 aromatic heterocycles. The number of oxazole rings is 1. The van der Waals surface area contributed by atoms with E-state index in [0.717, 1.165) is 6.42 Å². The fourth-order valence-corrected chi connectivity index (χ4v) is 2.01. The predicted octanol–water partition coefficient (Wildman–Crippen LogP) is 2.51. The lowest BCUT2D eigenvalue weighted by Gasteiger charge is -2.07. The first kappa shape index (κ1) is 12.5. The number of carboxylic acid groups (broad SMARTS) is 1. The molecule has 2 aromatic rings. The number of hydrogen-bond donors (Lipinski definition) is 1. The minimum atomic E-state index is -1.10. The standard InChI is InChI=1S/C14H13NO5/c1-8-12(14(16)17)15-13(20-8)9-3-4-10-11(7-9)19-6-2-5-18-10/h3-4,7H,2,5-6H2,1H3,(H,16,17). The van der Waals surface area contributed by atoms with Crippen molar-refractivity contribution >= 4 is 5.97 Å². The highest BCUT2D eigenvalue weighted by Crippen LogP contribution is 2.34. The number of hydrogen-bond acceptors (Lipinski definition) is 5. The fraction of sp³-hybridized carbons (Fsp3) is 0.286. The summed E-state index contributed by atoms with van der Waals surface area (Å²) in [6.07, 6.45) is 0.825. The van der Waals surface area contributed by atoms with Gasteiger partial charge in [-0.1, -0.05) is 0 Å². The minimum Gasteiger partial charge on any atom is -0.490 e. The summed E-state index contributed by atoms with van der Waals surface area (Å²) in [5, 5.41) is 8.99. The number of ether oxygens (including phenoxy) is 2. The molecular weight excluding hydrogens is 262 g/mol.